The number of nitrogens with one attached hydrogen (secondary N) is 2. The van der Waals surface area contributed by atoms with Crippen molar-refractivity contribution in [3.05, 3.63) is 100 Å². The Kier molecular flexibility index (Phi) is 5.26. The van der Waals surface area contributed by atoms with Crippen LogP contribution in [0.1, 0.15) is 11.1 Å². The van der Waals surface area contributed by atoms with Crippen molar-refractivity contribution in [2.75, 3.05) is 5.32 Å². The van der Waals surface area contributed by atoms with E-state index in [-0.39, 0.29) is 11.6 Å². The van der Waals surface area contributed by atoms with E-state index in [4.69, 9.17) is 0 Å². The molecule has 0 aliphatic rings. The highest BCUT2D eigenvalue weighted by Crippen LogP contribution is 2.07. The molecular formula is C20H19N3O2. The first-order valence-corrected chi connectivity index (χ1v) is 8.04. The first-order valence-electron chi connectivity index (χ1n) is 8.04. The summed E-state index contributed by atoms with van der Waals surface area (Å²) in [5.41, 5.74) is 2.76. The molecule has 2 N–H and O–H groups in total. The average Bonchev–Trinajstić information content (AvgIpc) is 2.64. The van der Waals surface area contributed by atoms with Gasteiger partial charge in [-0.15, -0.1) is 0 Å². The molecule has 2 amide bonds. The molecule has 5 heteroatoms. The lowest BCUT2D eigenvalue weighted by Crippen LogP contribution is -2.28. The van der Waals surface area contributed by atoms with Crippen molar-refractivity contribution >= 4 is 11.7 Å². The quantitative estimate of drug-likeness (QED) is 0.753. The maximum absolute atomic E-state index is 11.9. The molecule has 0 bridgehead atoms. The van der Waals surface area contributed by atoms with E-state index >= 15 is 0 Å². The van der Waals surface area contributed by atoms with Gasteiger partial charge in [-0.25, -0.2) is 4.79 Å². The van der Waals surface area contributed by atoms with Crippen LogP contribution in [0.25, 0.3) is 0 Å². The Morgan fingerprint density at radius 3 is 2.24 bits per heavy atom. The molecule has 0 saturated carbocycles. The van der Waals surface area contributed by atoms with Gasteiger partial charge in [-0.1, -0.05) is 48.5 Å². The lowest BCUT2D eigenvalue weighted by molar-refractivity contribution is 0.251. The normalized spacial score (nSPS) is 10.2. The summed E-state index contributed by atoms with van der Waals surface area (Å²) < 4.78 is 1.65. The zero-order valence-corrected chi connectivity index (χ0v) is 13.7. The SMILES string of the molecule is O=C(NCc1ccc(Cn2ccccc2=O)cc1)Nc1ccccc1. The van der Waals surface area contributed by atoms with Crippen LogP contribution in [0.2, 0.25) is 0 Å². The van der Waals surface area contributed by atoms with E-state index in [9.17, 15) is 9.59 Å². The Bertz CT molecular complexity index is 887. The molecule has 0 unspecified atom stereocenters. The van der Waals surface area contributed by atoms with Gasteiger partial charge < -0.3 is 15.2 Å². The molecule has 0 fully saturated rings. The summed E-state index contributed by atoms with van der Waals surface area (Å²) in [6.45, 7) is 0.964. The van der Waals surface area contributed by atoms with Crippen molar-refractivity contribution < 1.29 is 4.79 Å². The van der Waals surface area contributed by atoms with Crippen LogP contribution >= 0.6 is 0 Å². The molecule has 126 valence electrons. The van der Waals surface area contributed by atoms with Gasteiger partial charge in [-0.2, -0.15) is 0 Å². The van der Waals surface area contributed by atoms with Gasteiger partial charge in [0.05, 0.1) is 6.54 Å². The third kappa shape index (κ3) is 4.81. The fourth-order valence-corrected chi connectivity index (χ4v) is 2.43. The van der Waals surface area contributed by atoms with Crippen LogP contribution < -0.4 is 16.2 Å². The predicted molar refractivity (Wildman–Crippen MR) is 98.5 cm³/mol. The summed E-state index contributed by atoms with van der Waals surface area (Å²) in [6, 6.07) is 22.0. The molecule has 25 heavy (non-hydrogen) atoms. The lowest BCUT2D eigenvalue weighted by atomic mass is 10.1. The molecule has 0 saturated heterocycles. The van der Waals surface area contributed by atoms with E-state index in [2.05, 4.69) is 10.6 Å². The van der Waals surface area contributed by atoms with Crippen LogP contribution in [0.4, 0.5) is 10.5 Å². The maximum Gasteiger partial charge on any atom is 0.319 e. The van der Waals surface area contributed by atoms with Gasteiger partial charge in [0.1, 0.15) is 0 Å². The molecule has 0 radical (unpaired) electrons. The average molecular weight is 333 g/mol. The fourth-order valence-electron chi connectivity index (χ4n) is 2.43. The topological polar surface area (TPSA) is 63.1 Å². The minimum atomic E-state index is -0.244. The number of rotatable bonds is 5. The van der Waals surface area contributed by atoms with E-state index in [1.165, 1.54) is 0 Å². The fraction of sp³-hybridized carbons (Fsp3) is 0.100. The van der Waals surface area contributed by atoms with Crippen molar-refractivity contribution in [1.29, 1.82) is 0 Å². The number of nitrogens with zero attached hydrogens (tertiary/aromatic N) is 1. The highest BCUT2D eigenvalue weighted by atomic mass is 16.2. The minimum Gasteiger partial charge on any atom is -0.334 e. The van der Waals surface area contributed by atoms with Crippen molar-refractivity contribution in [2.24, 2.45) is 0 Å². The number of hydrogen-bond acceptors (Lipinski definition) is 2. The smallest absolute Gasteiger partial charge is 0.319 e. The van der Waals surface area contributed by atoms with Crippen molar-refractivity contribution in [3.63, 3.8) is 0 Å². The summed E-state index contributed by atoms with van der Waals surface area (Å²) in [7, 11) is 0. The molecule has 3 rings (SSSR count). The molecular weight excluding hydrogens is 314 g/mol. The zero-order chi connectivity index (χ0) is 17.5. The molecule has 0 aliphatic heterocycles. The summed E-state index contributed by atoms with van der Waals surface area (Å²) in [6.07, 6.45) is 1.77. The number of carbonyl (C=O) groups is 1. The van der Waals surface area contributed by atoms with Crippen LogP contribution in [0.3, 0.4) is 0 Å². The number of pyridine rings is 1. The highest BCUT2D eigenvalue weighted by Gasteiger charge is 2.02. The summed E-state index contributed by atoms with van der Waals surface area (Å²) in [5.74, 6) is 0. The van der Waals surface area contributed by atoms with Gasteiger partial charge in [-0.05, 0) is 29.3 Å². The lowest BCUT2D eigenvalue weighted by Gasteiger charge is -2.09. The van der Waals surface area contributed by atoms with Crippen LogP contribution in [0.15, 0.2) is 83.8 Å². The Hall–Kier alpha value is -3.34. The van der Waals surface area contributed by atoms with Crippen molar-refractivity contribution in [2.45, 2.75) is 13.1 Å². The molecule has 1 aromatic heterocycles. The Morgan fingerprint density at radius 1 is 0.840 bits per heavy atom. The number of urea groups is 1. The largest absolute Gasteiger partial charge is 0.334 e. The number of benzene rings is 2. The number of aromatic nitrogens is 1. The Morgan fingerprint density at radius 2 is 1.52 bits per heavy atom. The molecule has 1 heterocycles. The van der Waals surface area contributed by atoms with E-state index < -0.39 is 0 Å². The monoisotopic (exact) mass is 333 g/mol. The number of carbonyl (C=O) groups excluding carboxylic acids is 1. The molecule has 2 aromatic carbocycles. The zero-order valence-electron chi connectivity index (χ0n) is 13.7. The molecule has 0 aliphatic carbocycles. The van der Waals surface area contributed by atoms with Crippen LogP contribution in [0.5, 0.6) is 0 Å². The highest BCUT2D eigenvalue weighted by molar-refractivity contribution is 5.89. The second kappa shape index (κ2) is 7.97. The standard InChI is InChI=1S/C20H19N3O2/c24-19-8-4-5-13-23(19)15-17-11-9-16(10-12-17)14-21-20(25)22-18-6-2-1-3-7-18/h1-13H,14-15H2,(H2,21,22,25). The Balaban J connectivity index is 1.53. The van der Waals surface area contributed by atoms with Gasteiger partial charge in [0.15, 0.2) is 0 Å². The van der Waals surface area contributed by atoms with Gasteiger partial charge in [-0.3, -0.25) is 4.79 Å². The first kappa shape index (κ1) is 16.5. The molecule has 0 atom stereocenters. The first-order chi connectivity index (χ1) is 12.2. The Labute approximate surface area is 145 Å². The van der Waals surface area contributed by atoms with E-state index in [1.807, 2.05) is 60.7 Å². The van der Waals surface area contributed by atoms with Crippen LogP contribution in [-0.4, -0.2) is 10.6 Å². The molecule has 3 aromatic rings. The maximum atomic E-state index is 11.9. The van der Waals surface area contributed by atoms with Crippen LogP contribution in [0, 0.1) is 0 Å². The summed E-state index contributed by atoms with van der Waals surface area (Å²) in [4.78, 5) is 23.6. The predicted octanol–water partition coefficient (Wildman–Crippen LogP) is 3.22. The minimum absolute atomic E-state index is 0.0224. The van der Waals surface area contributed by atoms with Crippen molar-refractivity contribution in [1.82, 2.24) is 9.88 Å². The third-order valence-electron chi connectivity index (χ3n) is 3.76. The van der Waals surface area contributed by atoms with Gasteiger partial charge in [0.2, 0.25) is 0 Å². The van der Waals surface area contributed by atoms with Crippen molar-refractivity contribution in [3.8, 4) is 0 Å². The van der Waals surface area contributed by atoms with Crippen LogP contribution in [-0.2, 0) is 13.1 Å². The number of amides is 2. The number of anilines is 1. The van der Waals surface area contributed by atoms with Gasteiger partial charge in [0.25, 0.3) is 5.56 Å². The number of hydrogen-bond donors (Lipinski definition) is 2. The second-order valence-corrected chi connectivity index (χ2v) is 5.66. The van der Waals surface area contributed by atoms with E-state index in [1.54, 1.807) is 22.9 Å². The molecule has 0 spiro atoms. The van der Waals surface area contributed by atoms with E-state index in [0.29, 0.717) is 13.1 Å². The third-order valence-corrected chi connectivity index (χ3v) is 3.76. The number of para-hydroxylation sites is 1. The molecule has 5 nitrogen and oxygen atoms in total. The van der Waals surface area contributed by atoms with E-state index in [0.717, 1.165) is 16.8 Å². The van der Waals surface area contributed by atoms with Gasteiger partial charge in [0, 0.05) is 24.5 Å². The second-order valence-electron chi connectivity index (χ2n) is 5.66. The summed E-state index contributed by atoms with van der Waals surface area (Å²) in [5, 5.41) is 5.59. The van der Waals surface area contributed by atoms with Gasteiger partial charge >= 0.3 is 6.03 Å². The summed E-state index contributed by atoms with van der Waals surface area (Å²) >= 11 is 0.